The third kappa shape index (κ3) is 2.64. The molecule has 0 saturated carbocycles. The molecule has 15 heavy (non-hydrogen) atoms. The van der Waals surface area contributed by atoms with Crippen LogP contribution < -0.4 is 10.5 Å². The molecule has 0 spiro atoms. The van der Waals surface area contributed by atoms with Gasteiger partial charge in [0.25, 0.3) is 0 Å². The second-order valence-electron chi connectivity index (χ2n) is 3.05. The molecule has 0 amide bonds. The summed E-state index contributed by atoms with van der Waals surface area (Å²) in [5.41, 5.74) is 6.36. The molecule has 0 bridgehead atoms. The van der Waals surface area contributed by atoms with Crippen molar-refractivity contribution >= 4 is 28.6 Å². The average Bonchev–Trinajstić information content (AvgIpc) is 2.72. The first kappa shape index (κ1) is 10.3. The van der Waals surface area contributed by atoms with Gasteiger partial charge in [-0.3, -0.25) is 0 Å². The zero-order valence-electron chi connectivity index (χ0n) is 7.94. The summed E-state index contributed by atoms with van der Waals surface area (Å²) < 4.78 is 5.56. The molecule has 78 valence electrons. The largest absolute Gasteiger partial charge is 0.486 e. The maximum Gasteiger partial charge on any atom is 0.144 e. The van der Waals surface area contributed by atoms with E-state index in [2.05, 4.69) is 0 Å². The number of rotatable bonds is 3. The van der Waals surface area contributed by atoms with E-state index in [0.717, 1.165) is 4.88 Å². The minimum atomic E-state index is 0.530. The summed E-state index contributed by atoms with van der Waals surface area (Å²) in [6, 6.07) is 9.22. The highest BCUT2D eigenvalue weighted by Gasteiger charge is 2.02. The summed E-state index contributed by atoms with van der Waals surface area (Å²) in [5, 5.41) is 2.64. The molecule has 0 aliphatic rings. The minimum Gasteiger partial charge on any atom is -0.486 e. The Morgan fingerprint density at radius 1 is 1.33 bits per heavy atom. The highest BCUT2D eigenvalue weighted by molar-refractivity contribution is 7.09. The molecule has 1 heterocycles. The fourth-order valence-corrected chi connectivity index (χ4v) is 1.95. The van der Waals surface area contributed by atoms with E-state index in [1.165, 1.54) is 0 Å². The Morgan fingerprint density at radius 2 is 2.20 bits per heavy atom. The molecular weight excluding hydrogens is 230 g/mol. The van der Waals surface area contributed by atoms with Crippen LogP contribution in [0.3, 0.4) is 0 Å². The number of hydrogen-bond donors (Lipinski definition) is 1. The van der Waals surface area contributed by atoms with Gasteiger partial charge in [0.1, 0.15) is 12.4 Å². The van der Waals surface area contributed by atoms with Crippen molar-refractivity contribution < 1.29 is 4.74 Å². The molecule has 2 N–H and O–H groups in total. The van der Waals surface area contributed by atoms with E-state index >= 15 is 0 Å². The fraction of sp³-hybridized carbons (Fsp3) is 0.0909. The Labute approximate surface area is 97.3 Å². The SMILES string of the molecule is Nc1ccc(Cl)cc1OCc1cccs1. The smallest absolute Gasteiger partial charge is 0.144 e. The van der Waals surface area contributed by atoms with E-state index < -0.39 is 0 Å². The van der Waals surface area contributed by atoms with Crippen molar-refractivity contribution in [3.05, 3.63) is 45.6 Å². The molecule has 1 aromatic heterocycles. The van der Waals surface area contributed by atoms with Gasteiger partial charge in [-0.15, -0.1) is 11.3 Å². The first-order valence-electron chi connectivity index (χ1n) is 4.46. The lowest BCUT2D eigenvalue weighted by atomic mass is 10.3. The molecule has 0 fully saturated rings. The summed E-state index contributed by atoms with van der Waals surface area (Å²) in [7, 11) is 0. The summed E-state index contributed by atoms with van der Waals surface area (Å²) in [5.74, 6) is 0.635. The van der Waals surface area contributed by atoms with E-state index in [4.69, 9.17) is 22.1 Å². The van der Waals surface area contributed by atoms with E-state index in [0.29, 0.717) is 23.1 Å². The van der Waals surface area contributed by atoms with Crippen LogP contribution in [-0.2, 0) is 6.61 Å². The number of thiophene rings is 1. The number of hydrogen-bond acceptors (Lipinski definition) is 3. The van der Waals surface area contributed by atoms with Crippen molar-refractivity contribution in [2.75, 3.05) is 5.73 Å². The Bertz CT molecular complexity index is 442. The fourth-order valence-electron chi connectivity index (χ4n) is 1.18. The van der Waals surface area contributed by atoms with Gasteiger partial charge in [-0.2, -0.15) is 0 Å². The molecule has 0 radical (unpaired) electrons. The lowest BCUT2D eigenvalue weighted by Crippen LogP contribution is -1.96. The Morgan fingerprint density at radius 3 is 2.93 bits per heavy atom. The maximum atomic E-state index is 5.84. The summed E-state index contributed by atoms with van der Waals surface area (Å²) in [6.07, 6.45) is 0. The summed E-state index contributed by atoms with van der Waals surface area (Å²) in [6.45, 7) is 0.530. The van der Waals surface area contributed by atoms with Gasteiger partial charge < -0.3 is 10.5 Å². The van der Waals surface area contributed by atoms with Crippen molar-refractivity contribution in [2.24, 2.45) is 0 Å². The molecule has 0 saturated heterocycles. The molecule has 2 rings (SSSR count). The first-order chi connectivity index (χ1) is 7.25. The van der Waals surface area contributed by atoms with Crippen LogP contribution in [0.1, 0.15) is 4.88 Å². The van der Waals surface area contributed by atoms with Gasteiger partial charge in [0, 0.05) is 16.0 Å². The molecule has 1 aromatic carbocycles. The number of nitrogens with two attached hydrogens (primary N) is 1. The van der Waals surface area contributed by atoms with Gasteiger partial charge in [-0.1, -0.05) is 17.7 Å². The zero-order valence-corrected chi connectivity index (χ0v) is 9.52. The van der Waals surface area contributed by atoms with E-state index in [9.17, 15) is 0 Å². The average molecular weight is 240 g/mol. The molecule has 0 unspecified atom stereocenters. The number of halogens is 1. The molecule has 0 aliphatic carbocycles. The van der Waals surface area contributed by atoms with Crippen molar-refractivity contribution in [1.29, 1.82) is 0 Å². The Balaban J connectivity index is 2.07. The third-order valence-electron chi connectivity index (χ3n) is 1.93. The van der Waals surface area contributed by atoms with Gasteiger partial charge in [0.2, 0.25) is 0 Å². The molecule has 4 heteroatoms. The quantitative estimate of drug-likeness (QED) is 0.832. The molecule has 2 aromatic rings. The number of benzene rings is 1. The van der Waals surface area contributed by atoms with Crippen LogP contribution in [0.25, 0.3) is 0 Å². The Hall–Kier alpha value is -1.19. The summed E-state index contributed by atoms with van der Waals surface area (Å²) in [4.78, 5) is 1.16. The van der Waals surface area contributed by atoms with Gasteiger partial charge in [0.05, 0.1) is 5.69 Å². The van der Waals surface area contributed by atoms with Gasteiger partial charge in [-0.25, -0.2) is 0 Å². The van der Waals surface area contributed by atoms with Crippen molar-refractivity contribution in [1.82, 2.24) is 0 Å². The van der Waals surface area contributed by atoms with E-state index in [1.54, 1.807) is 29.5 Å². The monoisotopic (exact) mass is 239 g/mol. The second kappa shape index (κ2) is 4.55. The lowest BCUT2D eigenvalue weighted by Gasteiger charge is -2.07. The zero-order chi connectivity index (χ0) is 10.7. The predicted octanol–water partition coefficient (Wildman–Crippen LogP) is 3.56. The van der Waals surface area contributed by atoms with Gasteiger partial charge >= 0.3 is 0 Å². The van der Waals surface area contributed by atoms with Crippen molar-refractivity contribution in [3.8, 4) is 5.75 Å². The standard InChI is InChI=1S/C11H10ClNOS/c12-8-3-4-10(13)11(6-8)14-7-9-2-1-5-15-9/h1-6H,7,13H2. The molecular formula is C11H10ClNOS. The predicted molar refractivity (Wildman–Crippen MR) is 64.5 cm³/mol. The maximum absolute atomic E-state index is 5.84. The van der Waals surface area contributed by atoms with Crippen molar-refractivity contribution in [2.45, 2.75) is 6.61 Å². The van der Waals surface area contributed by atoms with Crippen LogP contribution in [0.4, 0.5) is 5.69 Å². The number of anilines is 1. The van der Waals surface area contributed by atoms with Crippen LogP contribution in [0.2, 0.25) is 5.02 Å². The first-order valence-corrected chi connectivity index (χ1v) is 5.71. The Kier molecular flexibility index (Phi) is 3.14. The third-order valence-corrected chi connectivity index (χ3v) is 3.01. The molecule has 0 atom stereocenters. The summed E-state index contributed by atoms with van der Waals surface area (Å²) >= 11 is 7.50. The van der Waals surface area contributed by atoms with Gasteiger partial charge in [0.15, 0.2) is 0 Å². The highest BCUT2D eigenvalue weighted by atomic mass is 35.5. The van der Waals surface area contributed by atoms with Crippen LogP contribution in [0, 0.1) is 0 Å². The number of nitrogen functional groups attached to an aromatic ring is 1. The second-order valence-corrected chi connectivity index (χ2v) is 4.52. The van der Waals surface area contributed by atoms with Crippen molar-refractivity contribution in [3.63, 3.8) is 0 Å². The van der Waals surface area contributed by atoms with E-state index in [-0.39, 0.29) is 0 Å². The van der Waals surface area contributed by atoms with E-state index in [1.807, 2.05) is 17.5 Å². The topological polar surface area (TPSA) is 35.2 Å². The molecule has 2 nitrogen and oxygen atoms in total. The van der Waals surface area contributed by atoms with Crippen LogP contribution in [0.15, 0.2) is 35.7 Å². The van der Waals surface area contributed by atoms with Gasteiger partial charge in [-0.05, 0) is 23.6 Å². The van der Waals surface area contributed by atoms with Crippen LogP contribution >= 0.6 is 22.9 Å². The highest BCUT2D eigenvalue weighted by Crippen LogP contribution is 2.26. The lowest BCUT2D eigenvalue weighted by molar-refractivity contribution is 0.311. The minimum absolute atomic E-state index is 0.530. The molecule has 0 aliphatic heterocycles. The number of ether oxygens (including phenoxy) is 1. The van der Waals surface area contributed by atoms with Crippen LogP contribution in [-0.4, -0.2) is 0 Å². The van der Waals surface area contributed by atoms with Crippen LogP contribution in [0.5, 0.6) is 5.75 Å². The normalized spacial score (nSPS) is 10.2.